The molecule has 9 heteroatoms. The number of rotatable bonds is 3. The third-order valence-corrected chi connectivity index (χ3v) is 9.39. The minimum absolute atomic E-state index is 0.0406. The number of hydrogen-bond acceptors (Lipinski definition) is 6. The van der Waals surface area contributed by atoms with Crippen LogP contribution in [-0.2, 0) is 39.5 Å². The minimum atomic E-state index is -1.94. The summed E-state index contributed by atoms with van der Waals surface area (Å²) in [5.74, 6) is -1.45. The smallest absolute Gasteiger partial charge is 0.343 e. The quantitative estimate of drug-likeness (QED) is 0.370. The second-order valence-corrected chi connectivity index (χ2v) is 12.5. The van der Waals surface area contributed by atoms with Crippen LogP contribution in [0.2, 0.25) is 0 Å². The van der Waals surface area contributed by atoms with Crippen molar-refractivity contribution < 1.29 is 23.8 Å². The van der Waals surface area contributed by atoms with Crippen LogP contribution in [0.5, 0.6) is 0 Å². The molecule has 2 N–H and O–H groups in total. The maximum atomic E-state index is 15.1. The Kier molecular flexibility index (Phi) is 5.79. The van der Waals surface area contributed by atoms with Gasteiger partial charge in [-0.2, -0.15) is 0 Å². The van der Waals surface area contributed by atoms with Crippen molar-refractivity contribution in [3.05, 3.63) is 61.7 Å². The Bertz CT molecular complexity index is 1700. The summed E-state index contributed by atoms with van der Waals surface area (Å²) >= 11 is 0. The number of ether oxygens (including phenoxy) is 1. The Morgan fingerprint density at radius 3 is 2.67 bits per heavy atom. The molecule has 0 saturated heterocycles. The summed E-state index contributed by atoms with van der Waals surface area (Å²) in [6.07, 6.45) is 1.22. The number of amides is 1. The molecule has 0 bridgehead atoms. The second-order valence-electron chi connectivity index (χ2n) is 12.5. The molecule has 1 aromatic carbocycles. The Hall–Kier alpha value is -3.59. The number of aryl methyl sites for hydroxylation is 1. The van der Waals surface area contributed by atoms with E-state index in [-0.39, 0.29) is 65.4 Å². The Morgan fingerprint density at radius 1 is 1.27 bits per heavy atom. The first kappa shape index (κ1) is 26.6. The standard InChI is InChI=1S/C31H34FN3O5/c1-7-31(39)19-10-23-26-17(12-35(23)28(37)18(19)13-40-29(31)38)25-21(34-27(36)15(3)30(4,5)6)9-8-16-14(2)20(32)11-22(33-26)24(16)25/h10-11,15,21,39H,7-9,12-13H2,1-6H3,(H,34,36)/t15?,21-,31-/m0/s1. The molecule has 0 spiro atoms. The molecular formula is C31H34FN3O5. The van der Waals surface area contributed by atoms with E-state index in [9.17, 15) is 19.5 Å². The number of aliphatic hydroxyl groups is 1. The van der Waals surface area contributed by atoms with Crippen LogP contribution in [0.15, 0.2) is 16.9 Å². The van der Waals surface area contributed by atoms with E-state index < -0.39 is 11.6 Å². The van der Waals surface area contributed by atoms with Crippen molar-refractivity contribution >= 4 is 22.8 Å². The van der Waals surface area contributed by atoms with Gasteiger partial charge in [0.1, 0.15) is 12.4 Å². The number of carbonyl (C=O) groups excluding carboxylic acids is 2. The average Bonchev–Trinajstić information content (AvgIpc) is 3.27. The Labute approximate surface area is 231 Å². The van der Waals surface area contributed by atoms with Crippen molar-refractivity contribution in [1.29, 1.82) is 0 Å². The van der Waals surface area contributed by atoms with E-state index in [1.54, 1.807) is 24.5 Å². The van der Waals surface area contributed by atoms with Crippen LogP contribution >= 0.6 is 0 Å². The van der Waals surface area contributed by atoms with E-state index in [2.05, 4.69) is 5.32 Å². The van der Waals surface area contributed by atoms with E-state index in [4.69, 9.17) is 9.72 Å². The highest BCUT2D eigenvalue weighted by Crippen LogP contribution is 2.46. The van der Waals surface area contributed by atoms with E-state index in [1.807, 2.05) is 27.7 Å². The Morgan fingerprint density at radius 2 is 2.00 bits per heavy atom. The first-order valence-corrected chi connectivity index (χ1v) is 13.9. The van der Waals surface area contributed by atoms with Crippen LogP contribution in [0.25, 0.3) is 22.3 Å². The maximum absolute atomic E-state index is 15.1. The molecule has 4 heterocycles. The van der Waals surface area contributed by atoms with Crippen molar-refractivity contribution in [3.63, 3.8) is 0 Å². The van der Waals surface area contributed by atoms with Gasteiger partial charge in [0.25, 0.3) is 5.56 Å². The molecule has 0 saturated carbocycles. The first-order chi connectivity index (χ1) is 18.8. The fraction of sp³-hybridized carbons (Fsp3) is 0.484. The number of fused-ring (bicyclic) bond motifs is 5. The number of halogens is 1. The topological polar surface area (TPSA) is 111 Å². The van der Waals surface area contributed by atoms with Crippen LogP contribution in [0.3, 0.4) is 0 Å². The number of cyclic esters (lactones) is 1. The van der Waals surface area contributed by atoms with E-state index in [0.717, 1.165) is 22.1 Å². The second kappa shape index (κ2) is 8.70. The van der Waals surface area contributed by atoms with Gasteiger partial charge in [0.05, 0.1) is 35.1 Å². The number of hydrogen-bond donors (Lipinski definition) is 2. The molecule has 0 radical (unpaired) electrons. The molecule has 1 aliphatic carbocycles. The fourth-order valence-corrected chi connectivity index (χ4v) is 6.39. The molecule has 2 aromatic heterocycles. The van der Waals surface area contributed by atoms with Crippen LogP contribution in [0.1, 0.15) is 86.9 Å². The lowest BCUT2D eigenvalue weighted by atomic mass is 9.79. The number of nitrogens with one attached hydrogen (secondary N) is 1. The minimum Gasteiger partial charge on any atom is -0.458 e. The predicted octanol–water partition coefficient (Wildman–Crippen LogP) is 4.31. The molecule has 6 rings (SSSR count). The van der Waals surface area contributed by atoms with E-state index in [0.29, 0.717) is 35.3 Å². The van der Waals surface area contributed by atoms with Gasteiger partial charge in [-0.15, -0.1) is 0 Å². The third kappa shape index (κ3) is 3.59. The SMILES string of the molecule is CC[C@@]1(O)C(=O)OCc2c1cc1n(c2=O)Cc2c-1nc1cc(F)c(C)c3c1c2[C@@H](NC(=O)C(C)C(C)(C)C)CC3. The van der Waals surface area contributed by atoms with Gasteiger partial charge >= 0.3 is 5.97 Å². The molecule has 3 aromatic rings. The zero-order valence-corrected chi connectivity index (χ0v) is 23.7. The molecule has 2 aliphatic heterocycles. The molecule has 8 nitrogen and oxygen atoms in total. The van der Waals surface area contributed by atoms with Gasteiger partial charge in [0.15, 0.2) is 5.60 Å². The molecule has 0 fully saturated rings. The van der Waals surface area contributed by atoms with Crippen LogP contribution in [-0.4, -0.2) is 26.5 Å². The number of aromatic nitrogens is 2. The molecular weight excluding hydrogens is 513 g/mol. The summed E-state index contributed by atoms with van der Waals surface area (Å²) in [6, 6.07) is 2.73. The number of pyridine rings is 2. The van der Waals surface area contributed by atoms with Gasteiger partial charge in [-0.1, -0.05) is 34.6 Å². The lowest BCUT2D eigenvalue weighted by molar-refractivity contribution is -0.172. The zero-order chi connectivity index (χ0) is 28.9. The lowest BCUT2D eigenvalue weighted by Gasteiger charge is -2.33. The Balaban J connectivity index is 1.60. The molecule has 1 amide bonds. The highest BCUT2D eigenvalue weighted by Gasteiger charge is 2.46. The van der Waals surface area contributed by atoms with Gasteiger partial charge in [-0.05, 0) is 54.4 Å². The monoisotopic (exact) mass is 547 g/mol. The number of esters is 1. The van der Waals surface area contributed by atoms with Crippen LogP contribution in [0.4, 0.5) is 4.39 Å². The summed E-state index contributed by atoms with van der Waals surface area (Å²) in [4.78, 5) is 44.5. The highest BCUT2D eigenvalue weighted by atomic mass is 19.1. The van der Waals surface area contributed by atoms with Gasteiger partial charge in [-0.3, -0.25) is 9.59 Å². The molecule has 1 unspecified atom stereocenters. The number of benzene rings is 1. The summed E-state index contributed by atoms with van der Waals surface area (Å²) in [6.45, 7) is 11.4. The third-order valence-electron chi connectivity index (χ3n) is 9.39. The molecule has 3 aliphatic rings. The maximum Gasteiger partial charge on any atom is 0.343 e. The summed E-state index contributed by atoms with van der Waals surface area (Å²) in [7, 11) is 0. The molecule has 3 atom stereocenters. The number of carbonyl (C=O) groups is 2. The highest BCUT2D eigenvalue weighted by molar-refractivity contribution is 5.94. The normalized spacial score (nSPS) is 21.9. The first-order valence-electron chi connectivity index (χ1n) is 13.9. The average molecular weight is 548 g/mol. The van der Waals surface area contributed by atoms with Gasteiger partial charge in [0.2, 0.25) is 5.91 Å². The molecule has 210 valence electrons. The largest absolute Gasteiger partial charge is 0.458 e. The summed E-state index contributed by atoms with van der Waals surface area (Å²) < 4.78 is 21.8. The zero-order valence-electron chi connectivity index (χ0n) is 23.7. The van der Waals surface area contributed by atoms with Crippen LogP contribution in [0, 0.1) is 24.1 Å². The van der Waals surface area contributed by atoms with Crippen molar-refractivity contribution in [1.82, 2.24) is 14.9 Å². The van der Waals surface area contributed by atoms with Crippen molar-refractivity contribution in [2.45, 2.75) is 85.6 Å². The van der Waals surface area contributed by atoms with E-state index >= 15 is 4.39 Å². The van der Waals surface area contributed by atoms with Crippen molar-refractivity contribution in [2.75, 3.05) is 0 Å². The lowest BCUT2D eigenvalue weighted by Crippen LogP contribution is -2.44. The van der Waals surface area contributed by atoms with E-state index in [1.165, 1.54) is 6.07 Å². The van der Waals surface area contributed by atoms with Crippen molar-refractivity contribution in [2.24, 2.45) is 11.3 Å². The molecule has 40 heavy (non-hydrogen) atoms. The van der Waals surface area contributed by atoms with Gasteiger partial charge in [-0.25, -0.2) is 14.2 Å². The summed E-state index contributed by atoms with van der Waals surface area (Å²) in [5, 5.41) is 15.3. The fourth-order valence-electron chi connectivity index (χ4n) is 6.39. The van der Waals surface area contributed by atoms with Crippen molar-refractivity contribution in [3.8, 4) is 11.4 Å². The van der Waals surface area contributed by atoms with Gasteiger partial charge < -0.3 is 19.7 Å². The predicted molar refractivity (Wildman–Crippen MR) is 147 cm³/mol. The van der Waals surface area contributed by atoms with Crippen LogP contribution < -0.4 is 10.9 Å². The summed E-state index contributed by atoms with van der Waals surface area (Å²) in [5.41, 5.74) is 2.44. The van der Waals surface area contributed by atoms with Gasteiger partial charge in [0, 0.05) is 28.5 Å². The number of nitrogens with zero attached hydrogens (tertiary/aromatic N) is 2.